The zero-order valence-electron chi connectivity index (χ0n) is 12.4. The van der Waals surface area contributed by atoms with Crippen LogP contribution in [0.15, 0.2) is 0 Å². The van der Waals surface area contributed by atoms with Crippen molar-refractivity contribution in [3.63, 3.8) is 0 Å². The number of rotatable bonds is 3. The lowest BCUT2D eigenvalue weighted by Crippen LogP contribution is -2.49. The standard InChI is InChI=1S/C7H18N2.C5H13N/c1-7(2,8(3)4)9(5)6;1-5(2)6(3)4/h1-6H3;5H,1-4H3. The van der Waals surface area contributed by atoms with Crippen LogP contribution < -0.4 is 0 Å². The van der Waals surface area contributed by atoms with Crippen LogP contribution in [-0.4, -0.2) is 68.7 Å². The predicted molar refractivity (Wildman–Crippen MR) is 70.3 cm³/mol. The second-order valence-electron chi connectivity index (χ2n) is 5.34. The van der Waals surface area contributed by atoms with Gasteiger partial charge in [0.25, 0.3) is 0 Å². The minimum Gasteiger partial charge on any atom is -0.307 e. The Hall–Kier alpha value is -0.120. The maximum Gasteiger partial charge on any atom is 0.0669 e. The molecule has 0 rings (SSSR count). The summed E-state index contributed by atoms with van der Waals surface area (Å²) in [7, 11) is 12.5. The predicted octanol–water partition coefficient (Wildman–Crippen LogP) is 1.80. The fraction of sp³-hybridized carbons (Fsp3) is 1.00. The van der Waals surface area contributed by atoms with E-state index in [0.717, 1.165) is 0 Å². The topological polar surface area (TPSA) is 9.72 Å². The average Bonchev–Trinajstić information content (AvgIpc) is 2.04. The molecule has 0 aromatic rings. The van der Waals surface area contributed by atoms with E-state index in [1.165, 1.54) is 0 Å². The molecule has 3 nitrogen and oxygen atoms in total. The summed E-state index contributed by atoms with van der Waals surface area (Å²) in [5, 5.41) is 0. The van der Waals surface area contributed by atoms with Gasteiger partial charge in [-0.05, 0) is 70.0 Å². The zero-order valence-corrected chi connectivity index (χ0v) is 12.4. The second-order valence-corrected chi connectivity index (χ2v) is 5.34. The van der Waals surface area contributed by atoms with Gasteiger partial charge >= 0.3 is 0 Å². The molecule has 94 valence electrons. The molecule has 0 aromatic carbocycles. The third kappa shape index (κ3) is 7.77. The van der Waals surface area contributed by atoms with Gasteiger partial charge < -0.3 is 4.90 Å². The first-order valence-electron chi connectivity index (χ1n) is 5.54. The number of hydrogen-bond donors (Lipinski definition) is 0. The Kier molecular flexibility index (Phi) is 8.30. The third-order valence-corrected chi connectivity index (χ3v) is 3.22. The molecule has 0 fully saturated rings. The average molecular weight is 217 g/mol. The molecule has 0 amide bonds. The summed E-state index contributed by atoms with van der Waals surface area (Å²) in [5.41, 5.74) is 0.167. The Morgan fingerprint density at radius 2 is 0.933 bits per heavy atom. The van der Waals surface area contributed by atoms with Gasteiger partial charge in [-0.1, -0.05) is 0 Å². The zero-order chi connectivity index (χ0) is 12.8. The summed E-state index contributed by atoms with van der Waals surface area (Å²) in [5.74, 6) is 0. The van der Waals surface area contributed by atoms with E-state index in [2.05, 4.69) is 84.7 Å². The summed E-state index contributed by atoms with van der Waals surface area (Å²) in [6.07, 6.45) is 0. The summed E-state index contributed by atoms with van der Waals surface area (Å²) in [4.78, 5) is 6.54. The lowest BCUT2D eigenvalue weighted by molar-refractivity contribution is 0.0400. The molecule has 0 N–H and O–H groups in total. The molecule has 0 saturated heterocycles. The van der Waals surface area contributed by atoms with E-state index < -0.39 is 0 Å². The van der Waals surface area contributed by atoms with Crippen molar-refractivity contribution in [1.29, 1.82) is 0 Å². The second kappa shape index (κ2) is 7.20. The Morgan fingerprint density at radius 1 is 0.733 bits per heavy atom. The normalized spacial score (nSPS) is 12.4. The Labute approximate surface area is 97.0 Å². The van der Waals surface area contributed by atoms with Gasteiger partial charge in [0, 0.05) is 6.04 Å². The van der Waals surface area contributed by atoms with Gasteiger partial charge in [0.2, 0.25) is 0 Å². The summed E-state index contributed by atoms with van der Waals surface area (Å²) >= 11 is 0. The minimum atomic E-state index is 0.167. The fourth-order valence-electron chi connectivity index (χ4n) is 0.400. The van der Waals surface area contributed by atoms with Crippen LogP contribution in [0.5, 0.6) is 0 Å². The largest absolute Gasteiger partial charge is 0.307 e. The van der Waals surface area contributed by atoms with Gasteiger partial charge in [-0.3, -0.25) is 9.80 Å². The lowest BCUT2D eigenvalue weighted by Gasteiger charge is -2.38. The van der Waals surface area contributed by atoms with Crippen molar-refractivity contribution < 1.29 is 0 Å². The van der Waals surface area contributed by atoms with E-state index >= 15 is 0 Å². The minimum absolute atomic E-state index is 0.167. The molecule has 0 saturated carbocycles. The van der Waals surface area contributed by atoms with Gasteiger partial charge in [0.05, 0.1) is 5.66 Å². The van der Waals surface area contributed by atoms with Crippen molar-refractivity contribution in [2.24, 2.45) is 0 Å². The first-order chi connectivity index (χ1) is 6.53. The van der Waals surface area contributed by atoms with E-state index in [1.54, 1.807) is 0 Å². The molecule has 0 spiro atoms. The van der Waals surface area contributed by atoms with Crippen LogP contribution >= 0.6 is 0 Å². The van der Waals surface area contributed by atoms with Gasteiger partial charge in [-0.15, -0.1) is 0 Å². The molecule has 0 heterocycles. The first kappa shape index (κ1) is 17.3. The van der Waals surface area contributed by atoms with Crippen LogP contribution in [0, 0.1) is 0 Å². The van der Waals surface area contributed by atoms with E-state index in [1.807, 2.05) is 0 Å². The highest BCUT2D eigenvalue weighted by molar-refractivity contribution is 4.72. The van der Waals surface area contributed by atoms with Crippen LogP contribution in [0.25, 0.3) is 0 Å². The first-order valence-corrected chi connectivity index (χ1v) is 5.54. The molecule has 0 aliphatic rings. The third-order valence-electron chi connectivity index (χ3n) is 3.22. The van der Waals surface area contributed by atoms with Crippen LogP contribution in [0.1, 0.15) is 27.7 Å². The van der Waals surface area contributed by atoms with E-state index in [4.69, 9.17) is 0 Å². The molecule has 3 heteroatoms. The fourth-order valence-corrected chi connectivity index (χ4v) is 0.400. The molecule has 0 atom stereocenters. The summed E-state index contributed by atoms with van der Waals surface area (Å²) < 4.78 is 0. The van der Waals surface area contributed by atoms with Gasteiger partial charge in [-0.25, -0.2) is 0 Å². The summed E-state index contributed by atoms with van der Waals surface area (Å²) in [6, 6.07) is 0.685. The van der Waals surface area contributed by atoms with Crippen molar-refractivity contribution in [3.8, 4) is 0 Å². The molecular weight excluding hydrogens is 186 g/mol. The van der Waals surface area contributed by atoms with Crippen molar-refractivity contribution in [2.75, 3.05) is 42.3 Å². The van der Waals surface area contributed by atoms with Crippen LogP contribution in [0.4, 0.5) is 0 Å². The molecule has 0 radical (unpaired) electrons. The smallest absolute Gasteiger partial charge is 0.0669 e. The van der Waals surface area contributed by atoms with Crippen LogP contribution in [-0.2, 0) is 0 Å². The maximum atomic E-state index is 2.19. The molecule has 0 unspecified atom stereocenters. The highest BCUT2D eigenvalue weighted by Crippen LogP contribution is 2.11. The van der Waals surface area contributed by atoms with Crippen molar-refractivity contribution in [2.45, 2.75) is 39.4 Å². The highest BCUT2D eigenvalue weighted by atomic mass is 15.3. The van der Waals surface area contributed by atoms with E-state index in [-0.39, 0.29) is 5.66 Å². The molecule has 0 aliphatic carbocycles. The van der Waals surface area contributed by atoms with Crippen molar-refractivity contribution in [3.05, 3.63) is 0 Å². The highest BCUT2D eigenvalue weighted by Gasteiger charge is 2.21. The van der Waals surface area contributed by atoms with Gasteiger partial charge in [-0.2, -0.15) is 0 Å². The summed E-state index contributed by atoms with van der Waals surface area (Å²) in [6.45, 7) is 8.71. The van der Waals surface area contributed by atoms with Crippen LogP contribution in [0.3, 0.4) is 0 Å². The lowest BCUT2D eigenvalue weighted by atomic mass is 10.2. The molecule has 0 aromatic heterocycles. The van der Waals surface area contributed by atoms with Gasteiger partial charge in [0.1, 0.15) is 0 Å². The Balaban J connectivity index is 0. The Morgan fingerprint density at radius 3 is 0.933 bits per heavy atom. The van der Waals surface area contributed by atoms with E-state index in [0.29, 0.717) is 6.04 Å². The molecule has 15 heavy (non-hydrogen) atoms. The maximum absolute atomic E-state index is 2.19. The van der Waals surface area contributed by atoms with Gasteiger partial charge in [0.15, 0.2) is 0 Å². The van der Waals surface area contributed by atoms with E-state index in [9.17, 15) is 0 Å². The van der Waals surface area contributed by atoms with Crippen LogP contribution in [0.2, 0.25) is 0 Å². The number of nitrogens with zero attached hydrogens (tertiary/aromatic N) is 3. The molecule has 0 aliphatic heterocycles. The molecular formula is C12H31N3. The number of hydrogen-bond acceptors (Lipinski definition) is 3. The van der Waals surface area contributed by atoms with Crippen molar-refractivity contribution in [1.82, 2.24) is 14.7 Å². The Bertz CT molecular complexity index is 133. The quantitative estimate of drug-likeness (QED) is 0.668. The monoisotopic (exact) mass is 217 g/mol. The SMILES string of the molecule is CC(C)N(C)C.CN(C)C(C)(C)N(C)C. The molecule has 0 bridgehead atoms. The van der Waals surface area contributed by atoms with Crippen molar-refractivity contribution >= 4 is 0 Å².